The molecule has 0 aliphatic rings. The quantitative estimate of drug-likeness (QED) is 0.836. The van der Waals surface area contributed by atoms with E-state index in [1.54, 1.807) is 12.1 Å². The van der Waals surface area contributed by atoms with Gasteiger partial charge in [-0.1, -0.05) is 30.0 Å². The van der Waals surface area contributed by atoms with Crippen molar-refractivity contribution in [2.24, 2.45) is 0 Å². The lowest BCUT2D eigenvalue weighted by atomic mass is 10.1. The second-order valence-corrected chi connectivity index (χ2v) is 4.99. The summed E-state index contributed by atoms with van der Waals surface area (Å²) in [5.74, 6) is -4.98. The predicted octanol–water partition coefficient (Wildman–Crippen LogP) is 4.10. The molecule has 21 heavy (non-hydrogen) atoms. The molecule has 7 heteroatoms. The molecule has 0 radical (unpaired) electrons. The van der Waals surface area contributed by atoms with Gasteiger partial charge >= 0.3 is 0 Å². The fraction of sp³-hybridized carbons (Fsp3) is 0.0714. The Bertz CT molecular complexity index is 644. The molecular weight excluding hydrogens is 303 g/mol. The minimum atomic E-state index is -2.65. The molecule has 0 saturated carbocycles. The smallest absolute Gasteiger partial charge is 0.288 e. The van der Waals surface area contributed by atoms with Crippen molar-refractivity contribution in [2.45, 2.75) is 10.7 Å². The number of carbonyl (C=O) groups excluding carboxylic acids is 1. The highest BCUT2D eigenvalue weighted by molar-refractivity contribution is 7.99. The lowest BCUT2D eigenvalue weighted by Gasteiger charge is -2.11. The number of rotatable bonds is 4. The molecule has 0 fully saturated rings. The van der Waals surface area contributed by atoms with Gasteiger partial charge in [-0.25, -0.2) is 4.39 Å². The molecule has 2 rings (SSSR count). The zero-order valence-corrected chi connectivity index (χ0v) is 11.3. The highest BCUT2D eigenvalue weighted by atomic mass is 32.2. The van der Waals surface area contributed by atoms with Crippen molar-refractivity contribution in [1.29, 1.82) is 0 Å². The Morgan fingerprint density at radius 1 is 1.14 bits per heavy atom. The monoisotopic (exact) mass is 313 g/mol. The molecule has 0 saturated heterocycles. The number of anilines is 1. The summed E-state index contributed by atoms with van der Waals surface area (Å²) in [6, 6.07) is 9.36. The molecule has 0 unspecified atom stereocenters. The van der Waals surface area contributed by atoms with E-state index in [0.29, 0.717) is 0 Å². The van der Waals surface area contributed by atoms with Crippen LogP contribution in [-0.2, 0) is 0 Å². The third-order valence-corrected chi connectivity index (χ3v) is 3.36. The Hall–Kier alpha value is -2.15. The number of alkyl halides is 2. The van der Waals surface area contributed by atoms with Crippen LogP contribution in [0.3, 0.4) is 0 Å². The number of phenolic OH excluding ortho intramolecular Hbond substituents is 1. The van der Waals surface area contributed by atoms with Gasteiger partial charge in [0, 0.05) is 4.90 Å². The summed E-state index contributed by atoms with van der Waals surface area (Å²) in [5.41, 5.74) is -0.412. The van der Waals surface area contributed by atoms with Gasteiger partial charge in [0.15, 0.2) is 0 Å². The third kappa shape index (κ3) is 3.69. The van der Waals surface area contributed by atoms with Gasteiger partial charge in [-0.15, -0.1) is 0 Å². The number of halogens is 3. The van der Waals surface area contributed by atoms with Crippen LogP contribution in [0.25, 0.3) is 0 Å². The molecule has 0 aliphatic carbocycles. The van der Waals surface area contributed by atoms with Crippen LogP contribution in [-0.4, -0.2) is 16.8 Å². The van der Waals surface area contributed by atoms with E-state index < -0.39 is 28.8 Å². The molecular formula is C14H10F3NO2S. The number of hydrogen-bond acceptors (Lipinski definition) is 3. The highest BCUT2D eigenvalue weighted by Crippen LogP contribution is 2.32. The van der Waals surface area contributed by atoms with Crippen LogP contribution in [0.5, 0.6) is 5.75 Å². The number of thioether (sulfide) groups is 1. The van der Waals surface area contributed by atoms with E-state index in [-0.39, 0.29) is 22.3 Å². The largest absolute Gasteiger partial charge is 0.507 e. The van der Waals surface area contributed by atoms with Crippen LogP contribution in [0, 0.1) is 5.82 Å². The molecule has 2 N–H and O–H groups in total. The van der Waals surface area contributed by atoms with Crippen molar-refractivity contribution in [3.8, 4) is 5.75 Å². The Labute approximate surface area is 122 Å². The molecule has 110 valence electrons. The Kier molecular flexibility index (Phi) is 4.74. The first-order chi connectivity index (χ1) is 9.99. The number of phenols is 1. The summed E-state index contributed by atoms with van der Waals surface area (Å²) in [5, 5.41) is 11.8. The van der Waals surface area contributed by atoms with Gasteiger partial charge in [0.25, 0.3) is 11.7 Å². The molecule has 0 aromatic heterocycles. The van der Waals surface area contributed by atoms with E-state index in [9.17, 15) is 23.1 Å². The molecule has 2 aromatic rings. The van der Waals surface area contributed by atoms with Crippen molar-refractivity contribution >= 4 is 23.4 Å². The maximum atomic E-state index is 13.6. The Morgan fingerprint density at radius 2 is 1.86 bits per heavy atom. The van der Waals surface area contributed by atoms with Crippen molar-refractivity contribution in [1.82, 2.24) is 0 Å². The molecule has 0 spiro atoms. The van der Waals surface area contributed by atoms with Gasteiger partial charge in [0.1, 0.15) is 17.1 Å². The molecule has 1 amide bonds. The minimum absolute atomic E-state index is 0.121. The van der Waals surface area contributed by atoms with Crippen molar-refractivity contribution in [3.63, 3.8) is 0 Å². The summed E-state index contributed by atoms with van der Waals surface area (Å²) >= 11 is 0.266. The first-order valence-corrected chi connectivity index (χ1v) is 6.69. The molecule has 0 aliphatic heterocycles. The van der Waals surface area contributed by atoms with Crippen molar-refractivity contribution in [2.75, 3.05) is 5.32 Å². The van der Waals surface area contributed by atoms with E-state index in [1.165, 1.54) is 18.2 Å². The molecule has 0 bridgehead atoms. The van der Waals surface area contributed by atoms with E-state index >= 15 is 0 Å². The SMILES string of the molecule is O=C(Nc1ccccc1SC(F)F)c1c(O)cccc1F. The topological polar surface area (TPSA) is 49.3 Å². The van der Waals surface area contributed by atoms with Crippen molar-refractivity contribution < 1.29 is 23.1 Å². The highest BCUT2D eigenvalue weighted by Gasteiger charge is 2.18. The van der Waals surface area contributed by atoms with Crippen molar-refractivity contribution in [3.05, 3.63) is 53.8 Å². The van der Waals surface area contributed by atoms with Gasteiger partial charge < -0.3 is 10.4 Å². The average molecular weight is 313 g/mol. The summed E-state index contributed by atoms with van der Waals surface area (Å²) in [7, 11) is 0. The average Bonchev–Trinajstić information content (AvgIpc) is 2.40. The second-order valence-electron chi connectivity index (χ2n) is 3.96. The van der Waals surface area contributed by atoms with Crippen LogP contribution in [0.1, 0.15) is 10.4 Å². The van der Waals surface area contributed by atoms with E-state index in [1.807, 2.05) is 0 Å². The van der Waals surface area contributed by atoms with Gasteiger partial charge in [-0.05, 0) is 24.3 Å². The fourth-order valence-corrected chi connectivity index (χ4v) is 2.29. The number of nitrogens with one attached hydrogen (secondary N) is 1. The van der Waals surface area contributed by atoms with Gasteiger partial charge in [-0.3, -0.25) is 4.79 Å². The maximum Gasteiger partial charge on any atom is 0.288 e. The van der Waals surface area contributed by atoms with E-state index in [2.05, 4.69) is 5.32 Å². The normalized spacial score (nSPS) is 10.7. The van der Waals surface area contributed by atoms with E-state index in [0.717, 1.165) is 12.1 Å². The summed E-state index contributed by atoms with van der Waals surface area (Å²) in [6.07, 6.45) is 0. The summed E-state index contributed by atoms with van der Waals surface area (Å²) in [4.78, 5) is 12.1. The third-order valence-electron chi connectivity index (χ3n) is 2.57. The lowest BCUT2D eigenvalue weighted by Crippen LogP contribution is -2.14. The fourth-order valence-electron chi connectivity index (χ4n) is 1.69. The second kappa shape index (κ2) is 6.53. The minimum Gasteiger partial charge on any atom is -0.507 e. The van der Waals surface area contributed by atoms with Crippen LogP contribution in [0.2, 0.25) is 0 Å². The Balaban J connectivity index is 2.28. The van der Waals surface area contributed by atoms with Crippen LogP contribution >= 0.6 is 11.8 Å². The first-order valence-electron chi connectivity index (χ1n) is 5.81. The molecule has 3 nitrogen and oxygen atoms in total. The van der Waals surface area contributed by atoms with Gasteiger partial charge in [-0.2, -0.15) is 8.78 Å². The summed E-state index contributed by atoms with van der Waals surface area (Å²) < 4.78 is 38.4. The zero-order chi connectivity index (χ0) is 15.4. The number of carbonyl (C=O) groups is 1. The van der Waals surface area contributed by atoms with Gasteiger partial charge in [0.2, 0.25) is 0 Å². The lowest BCUT2D eigenvalue weighted by molar-refractivity contribution is 0.102. The Morgan fingerprint density at radius 3 is 2.52 bits per heavy atom. The zero-order valence-electron chi connectivity index (χ0n) is 10.5. The number of para-hydroxylation sites is 1. The number of benzene rings is 2. The van der Waals surface area contributed by atoms with E-state index in [4.69, 9.17) is 0 Å². The van der Waals surface area contributed by atoms with Crippen LogP contribution in [0.4, 0.5) is 18.9 Å². The van der Waals surface area contributed by atoms with Crippen LogP contribution in [0.15, 0.2) is 47.4 Å². The van der Waals surface area contributed by atoms with Gasteiger partial charge in [0.05, 0.1) is 5.69 Å². The molecule has 0 atom stereocenters. The first kappa shape index (κ1) is 15.2. The predicted molar refractivity (Wildman–Crippen MR) is 74.3 cm³/mol. The molecule has 2 aromatic carbocycles. The number of aromatic hydroxyl groups is 1. The van der Waals surface area contributed by atoms with Crippen LogP contribution < -0.4 is 5.32 Å². The molecule has 0 heterocycles. The number of amides is 1. The summed E-state index contributed by atoms with van der Waals surface area (Å²) in [6.45, 7) is 0. The standard InChI is InChI=1S/C14H10F3NO2S/c15-8-4-3-6-10(19)12(8)13(20)18-9-5-1-2-7-11(9)21-14(16)17/h1-7,14,19H,(H,18,20). The maximum absolute atomic E-state index is 13.6. The number of hydrogen-bond donors (Lipinski definition) is 2.